The van der Waals surface area contributed by atoms with E-state index in [1.165, 1.54) is 13.2 Å². The van der Waals surface area contributed by atoms with E-state index < -0.39 is 30.1 Å². The van der Waals surface area contributed by atoms with Gasteiger partial charge in [0, 0.05) is 19.4 Å². The van der Waals surface area contributed by atoms with Crippen LogP contribution in [0.15, 0.2) is 18.2 Å². The lowest BCUT2D eigenvalue weighted by atomic mass is 10.1. The lowest BCUT2D eigenvalue weighted by Crippen LogP contribution is -2.41. The van der Waals surface area contributed by atoms with Crippen LogP contribution in [0.1, 0.15) is 65.4 Å². The largest absolute Gasteiger partial charge is 0.508 e. The van der Waals surface area contributed by atoms with Gasteiger partial charge in [0.1, 0.15) is 18.8 Å². The van der Waals surface area contributed by atoms with E-state index in [0.29, 0.717) is 24.8 Å². The molecule has 35 heavy (non-hydrogen) atoms. The molecule has 0 aliphatic heterocycles. The molecule has 0 heterocycles. The summed E-state index contributed by atoms with van der Waals surface area (Å²) in [5.74, 6) is -1.18. The molecule has 0 aromatic heterocycles. The molecule has 196 valence electrons. The Morgan fingerprint density at radius 3 is 2.14 bits per heavy atom. The summed E-state index contributed by atoms with van der Waals surface area (Å²) in [7, 11) is 1.27. The third kappa shape index (κ3) is 11.7. The predicted octanol–water partition coefficient (Wildman–Crippen LogP) is 3.72. The van der Waals surface area contributed by atoms with Crippen LogP contribution in [0.2, 0.25) is 0 Å². The third-order valence-corrected chi connectivity index (χ3v) is 4.87. The second kappa shape index (κ2) is 16.5. The molecule has 0 amide bonds. The lowest BCUT2D eigenvalue weighted by molar-refractivity contribution is -0.143. The number of nitrogens with one attached hydrogen (secondary N) is 1. The molecule has 1 aromatic carbocycles. The number of hydrogen-bond acceptors (Lipinski definition) is 10. The van der Waals surface area contributed by atoms with Crippen molar-refractivity contribution in [3.63, 3.8) is 0 Å². The predicted molar refractivity (Wildman–Crippen MR) is 127 cm³/mol. The number of benzene rings is 1. The Balaban J connectivity index is 2.89. The zero-order valence-electron chi connectivity index (χ0n) is 21.2. The number of esters is 3. The number of carbonyl (C=O) groups excluding carboxylic acids is 4. The van der Waals surface area contributed by atoms with E-state index in [-0.39, 0.29) is 50.0 Å². The minimum Gasteiger partial charge on any atom is -0.468 e. The molecule has 0 saturated carbocycles. The highest BCUT2D eigenvalue weighted by Gasteiger charge is 2.21. The monoisotopic (exact) mass is 495 g/mol. The Morgan fingerprint density at radius 1 is 0.943 bits per heavy atom. The zero-order valence-corrected chi connectivity index (χ0v) is 21.2. The van der Waals surface area contributed by atoms with Gasteiger partial charge in [-0.2, -0.15) is 0 Å². The molecule has 0 saturated heterocycles. The van der Waals surface area contributed by atoms with Crippen molar-refractivity contribution < 1.29 is 42.9 Å². The van der Waals surface area contributed by atoms with Gasteiger partial charge in [-0.1, -0.05) is 26.8 Å². The van der Waals surface area contributed by atoms with Crippen LogP contribution in [-0.2, 0) is 35.0 Å². The topological polar surface area (TPSA) is 126 Å². The van der Waals surface area contributed by atoms with E-state index in [0.717, 1.165) is 0 Å². The summed E-state index contributed by atoms with van der Waals surface area (Å²) >= 11 is 0. The highest BCUT2D eigenvalue weighted by molar-refractivity contribution is 5.77. The normalized spacial score (nSPS) is 12.3. The van der Waals surface area contributed by atoms with Gasteiger partial charge in [0.25, 0.3) is 0 Å². The molecule has 0 fully saturated rings. The Hall–Kier alpha value is -3.14. The van der Waals surface area contributed by atoms with Crippen LogP contribution in [0.4, 0.5) is 4.79 Å². The zero-order chi connectivity index (χ0) is 26.2. The van der Waals surface area contributed by atoms with Gasteiger partial charge in [-0.25, -0.2) is 4.79 Å². The number of rotatable bonds is 15. The molecular formula is C25H37NO9. The first-order valence-electron chi connectivity index (χ1n) is 11.9. The van der Waals surface area contributed by atoms with E-state index in [2.05, 4.69) is 5.32 Å². The fourth-order valence-electron chi connectivity index (χ4n) is 2.87. The first-order chi connectivity index (χ1) is 16.7. The van der Waals surface area contributed by atoms with Crippen molar-refractivity contribution in [1.82, 2.24) is 5.32 Å². The highest BCUT2D eigenvalue weighted by Crippen LogP contribution is 2.30. The van der Waals surface area contributed by atoms with Crippen LogP contribution in [-0.4, -0.2) is 56.5 Å². The van der Waals surface area contributed by atoms with Crippen molar-refractivity contribution in [2.24, 2.45) is 0 Å². The molecule has 0 aliphatic rings. The van der Waals surface area contributed by atoms with Gasteiger partial charge < -0.3 is 29.0 Å². The van der Waals surface area contributed by atoms with E-state index in [1.54, 1.807) is 19.1 Å². The second-order valence-corrected chi connectivity index (χ2v) is 7.90. The molecular weight excluding hydrogens is 458 g/mol. The van der Waals surface area contributed by atoms with Gasteiger partial charge in [-0.15, -0.1) is 0 Å². The summed E-state index contributed by atoms with van der Waals surface area (Å²) in [5, 5.41) is 2.99. The maximum atomic E-state index is 12.3. The molecule has 2 atom stereocenters. The van der Waals surface area contributed by atoms with E-state index in [4.69, 9.17) is 23.7 Å². The van der Waals surface area contributed by atoms with Crippen molar-refractivity contribution in [3.05, 3.63) is 23.8 Å². The van der Waals surface area contributed by atoms with E-state index in [1.807, 2.05) is 20.8 Å². The van der Waals surface area contributed by atoms with Crippen molar-refractivity contribution in [1.29, 1.82) is 0 Å². The second-order valence-electron chi connectivity index (χ2n) is 7.90. The van der Waals surface area contributed by atoms with Crippen molar-refractivity contribution in [3.8, 4) is 11.5 Å². The van der Waals surface area contributed by atoms with Gasteiger partial charge in [0.05, 0.1) is 7.11 Å². The van der Waals surface area contributed by atoms with Crippen molar-refractivity contribution in [2.75, 3.05) is 20.3 Å². The smallest absolute Gasteiger partial charge is 0.468 e. The minimum atomic E-state index is -0.775. The van der Waals surface area contributed by atoms with Crippen LogP contribution in [0, 0.1) is 0 Å². The first kappa shape index (κ1) is 29.9. The summed E-state index contributed by atoms with van der Waals surface area (Å²) in [6.07, 6.45) is 1.49. The molecule has 10 nitrogen and oxygen atoms in total. The van der Waals surface area contributed by atoms with Gasteiger partial charge in [-0.3, -0.25) is 14.4 Å². The van der Waals surface area contributed by atoms with Gasteiger partial charge in [0.15, 0.2) is 11.5 Å². The van der Waals surface area contributed by atoms with Gasteiger partial charge in [-0.05, 0) is 50.3 Å². The van der Waals surface area contributed by atoms with Gasteiger partial charge in [0.2, 0.25) is 0 Å². The number of carbonyl (C=O) groups is 4. The molecule has 0 spiro atoms. The maximum Gasteiger partial charge on any atom is 0.508 e. The van der Waals surface area contributed by atoms with E-state index >= 15 is 0 Å². The van der Waals surface area contributed by atoms with Crippen LogP contribution in [0.5, 0.6) is 11.5 Å². The SMILES string of the molecule is CCCC(=O)Oc1ccc(C[C@H](NCCOC(=O)OC(C)CC)C(=O)OC)cc1OC(=O)CCC. The first-order valence-corrected chi connectivity index (χ1v) is 11.9. The maximum absolute atomic E-state index is 12.3. The number of ether oxygens (including phenoxy) is 5. The lowest BCUT2D eigenvalue weighted by Gasteiger charge is -2.18. The molecule has 0 radical (unpaired) electrons. The summed E-state index contributed by atoms with van der Waals surface area (Å²) in [6, 6.07) is 3.99. The minimum absolute atomic E-state index is 0.00500. The summed E-state index contributed by atoms with van der Waals surface area (Å²) in [5.41, 5.74) is 0.639. The molecule has 0 bridgehead atoms. The highest BCUT2D eigenvalue weighted by atomic mass is 16.7. The van der Waals surface area contributed by atoms with Crippen LogP contribution >= 0.6 is 0 Å². The molecule has 1 N–H and O–H groups in total. The Bertz CT molecular complexity index is 840. The third-order valence-electron chi connectivity index (χ3n) is 4.87. The standard InChI is InChI=1S/C25H37NO9/c1-6-9-22(27)34-20-12-11-18(16-21(20)35-23(28)10-7-2)15-19(24(29)31-5)26-13-14-32-25(30)33-17(4)8-3/h11-12,16-17,19,26H,6-10,13-15H2,1-5H3/t17?,19-/m0/s1. The Labute approximate surface area is 206 Å². The van der Waals surface area contributed by atoms with Crippen molar-refractivity contribution >= 4 is 24.1 Å². The Kier molecular flexibility index (Phi) is 14.1. The van der Waals surface area contributed by atoms with E-state index in [9.17, 15) is 19.2 Å². The van der Waals surface area contributed by atoms with Crippen molar-refractivity contribution in [2.45, 2.75) is 78.4 Å². The average molecular weight is 496 g/mol. The summed E-state index contributed by atoms with van der Waals surface area (Å²) < 4.78 is 25.7. The molecule has 10 heteroatoms. The van der Waals surface area contributed by atoms with Crippen LogP contribution < -0.4 is 14.8 Å². The summed E-state index contributed by atoms with van der Waals surface area (Å²) in [4.78, 5) is 47.9. The van der Waals surface area contributed by atoms with Crippen LogP contribution in [0.3, 0.4) is 0 Å². The summed E-state index contributed by atoms with van der Waals surface area (Å²) in [6.45, 7) is 7.52. The van der Waals surface area contributed by atoms with Crippen LogP contribution in [0.25, 0.3) is 0 Å². The molecule has 0 aliphatic carbocycles. The Morgan fingerprint density at radius 2 is 1.57 bits per heavy atom. The van der Waals surface area contributed by atoms with Gasteiger partial charge >= 0.3 is 24.1 Å². The quantitative estimate of drug-likeness (QED) is 0.218. The number of methoxy groups -OCH3 is 1. The fourth-order valence-corrected chi connectivity index (χ4v) is 2.87. The average Bonchev–Trinajstić information content (AvgIpc) is 2.82. The number of hydrogen-bond donors (Lipinski definition) is 1. The molecule has 1 aromatic rings. The molecule has 1 unspecified atom stereocenters. The fraction of sp³-hybridized carbons (Fsp3) is 0.600. The molecule has 1 rings (SSSR count).